The second-order valence-corrected chi connectivity index (χ2v) is 13.2. The lowest BCUT2D eigenvalue weighted by Crippen LogP contribution is -2.51. The number of fused-ring (bicyclic) bond motifs is 2. The minimum atomic E-state index is -5.84. The number of anilines is 4. The Morgan fingerprint density at radius 3 is 2.26 bits per heavy atom. The number of nitrogens with zero attached hydrogens (tertiary/aromatic N) is 5. The Morgan fingerprint density at radius 2 is 1.62 bits per heavy atom. The molecule has 0 saturated carbocycles. The van der Waals surface area contributed by atoms with E-state index in [9.17, 15) is 48.7 Å². The fourth-order valence-electron chi connectivity index (χ4n) is 5.69. The molecule has 3 aromatic rings. The fraction of sp³-hybridized carbons (Fsp3) is 0.357. The van der Waals surface area contributed by atoms with E-state index in [2.05, 4.69) is 9.97 Å². The van der Waals surface area contributed by atoms with Crippen molar-refractivity contribution in [2.45, 2.75) is 42.7 Å². The number of hydrogen-bond donors (Lipinski definition) is 1. The zero-order valence-electron chi connectivity index (χ0n) is 23.8. The molecule has 0 aliphatic carbocycles. The largest absolute Gasteiger partial charge is 0.455 e. The monoisotopic (exact) mass is 706 g/mol. The molecular weight excluding hydrogens is 685 g/mol. The third kappa shape index (κ3) is 5.92. The van der Waals surface area contributed by atoms with Crippen LogP contribution in [0.5, 0.6) is 0 Å². The van der Waals surface area contributed by atoms with Gasteiger partial charge in [0.15, 0.2) is 11.6 Å². The van der Waals surface area contributed by atoms with Crippen LogP contribution in [0.2, 0.25) is 5.02 Å². The van der Waals surface area contributed by atoms with Crippen LogP contribution < -0.4 is 14.5 Å². The number of aromatic nitrogens is 2. The number of halogens is 8. The molecule has 1 saturated heterocycles. The topological polar surface area (TPSA) is 116 Å². The fourth-order valence-corrected chi connectivity index (χ4v) is 7.03. The van der Waals surface area contributed by atoms with Crippen molar-refractivity contribution in [3.63, 3.8) is 0 Å². The van der Waals surface area contributed by atoms with Crippen molar-refractivity contribution in [2.75, 3.05) is 40.7 Å². The Hall–Kier alpha value is -4.19. The van der Waals surface area contributed by atoms with Crippen LogP contribution in [0.15, 0.2) is 35.4 Å². The number of carbonyl (C=O) groups is 2. The summed E-state index contributed by atoms with van der Waals surface area (Å²) in [6.07, 6.45) is -4.13. The SMILES string of the molecule is O=C1c2cnc(N3CCc4cc(S(=O)(=O)Nc5c(F)cc(Cl)cc5F)cc(N5CCCC5=O)c43)nc2CCN1CC(F)(F)C(F)(F)F. The van der Waals surface area contributed by atoms with Crippen molar-refractivity contribution >= 4 is 56.4 Å². The Morgan fingerprint density at radius 1 is 0.915 bits per heavy atom. The summed E-state index contributed by atoms with van der Waals surface area (Å²) >= 11 is 5.64. The predicted octanol–water partition coefficient (Wildman–Crippen LogP) is 5.23. The lowest BCUT2D eigenvalue weighted by Gasteiger charge is -2.32. The molecule has 0 bridgehead atoms. The van der Waals surface area contributed by atoms with Gasteiger partial charge in [-0.1, -0.05) is 11.6 Å². The number of amides is 2. The Kier molecular flexibility index (Phi) is 8.01. The summed E-state index contributed by atoms with van der Waals surface area (Å²) < 4.78 is 123. The highest BCUT2D eigenvalue weighted by Crippen LogP contribution is 2.45. The van der Waals surface area contributed by atoms with Crippen molar-refractivity contribution in [1.82, 2.24) is 14.9 Å². The summed E-state index contributed by atoms with van der Waals surface area (Å²) in [5.74, 6) is -9.02. The van der Waals surface area contributed by atoms with Gasteiger partial charge < -0.3 is 14.7 Å². The molecular formula is C28H22ClF7N6O4S. The Bertz CT molecular complexity index is 1900. The highest BCUT2D eigenvalue weighted by molar-refractivity contribution is 7.92. The number of hydrogen-bond acceptors (Lipinski definition) is 7. The maximum absolute atomic E-state index is 14.5. The molecule has 19 heteroatoms. The molecule has 0 radical (unpaired) electrons. The van der Waals surface area contributed by atoms with Gasteiger partial charge in [-0.25, -0.2) is 27.2 Å². The van der Waals surface area contributed by atoms with Gasteiger partial charge in [-0.3, -0.25) is 14.3 Å². The van der Waals surface area contributed by atoms with Gasteiger partial charge in [-0.15, -0.1) is 0 Å². The highest BCUT2D eigenvalue weighted by Gasteiger charge is 2.58. The minimum absolute atomic E-state index is 0.0105. The summed E-state index contributed by atoms with van der Waals surface area (Å²) in [7, 11) is -4.62. The van der Waals surface area contributed by atoms with Gasteiger partial charge in [0.05, 0.1) is 34.1 Å². The Balaban J connectivity index is 1.35. The van der Waals surface area contributed by atoms with Crippen LogP contribution in [0.1, 0.15) is 34.5 Å². The molecule has 250 valence electrons. The van der Waals surface area contributed by atoms with Crippen LogP contribution in [0, 0.1) is 11.6 Å². The first kappa shape index (κ1) is 32.7. The zero-order chi connectivity index (χ0) is 34.1. The van der Waals surface area contributed by atoms with E-state index >= 15 is 0 Å². The van der Waals surface area contributed by atoms with E-state index in [1.54, 1.807) is 4.90 Å². The number of benzene rings is 2. The van der Waals surface area contributed by atoms with Crippen molar-refractivity contribution in [2.24, 2.45) is 0 Å². The lowest BCUT2D eigenvalue weighted by molar-refractivity contribution is -0.284. The van der Waals surface area contributed by atoms with Gasteiger partial charge in [0.2, 0.25) is 11.9 Å². The van der Waals surface area contributed by atoms with E-state index in [1.807, 2.05) is 4.72 Å². The minimum Gasteiger partial charge on any atom is -0.332 e. The molecule has 1 aromatic heterocycles. The van der Waals surface area contributed by atoms with Gasteiger partial charge in [0.25, 0.3) is 15.9 Å². The van der Waals surface area contributed by atoms with Crippen LogP contribution in [0.3, 0.4) is 0 Å². The molecule has 1 N–H and O–H groups in total. The first-order chi connectivity index (χ1) is 22.0. The second kappa shape index (κ2) is 11.5. The molecule has 47 heavy (non-hydrogen) atoms. The van der Waals surface area contributed by atoms with E-state index in [0.29, 0.717) is 22.6 Å². The maximum Gasteiger partial charge on any atom is 0.455 e. The van der Waals surface area contributed by atoms with Crippen molar-refractivity contribution in [3.8, 4) is 0 Å². The van der Waals surface area contributed by atoms with Gasteiger partial charge >= 0.3 is 12.1 Å². The molecule has 6 rings (SSSR count). The molecule has 0 unspecified atom stereocenters. The van der Waals surface area contributed by atoms with E-state index in [0.717, 1.165) is 18.3 Å². The summed E-state index contributed by atoms with van der Waals surface area (Å²) in [4.78, 5) is 37.1. The first-order valence-electron chi connectivity index (χ1n) is 14.0. The smallest absolute Gasteiger partial charge is 0.332 e. The zero-order valence-corrected chi connectivity index (χ0v) is 25.4. The molecule has 2 amide bonds. The lowest BCUT2D eigenvalue weighted by atomic mass is 10.1. The van der Waals surface area contributed by atoms with Gasteiger partial charge in [0.1, 0.15) is 5.69 Å². The average Bonchev–Trinajstić information content (AvgIpc) is 3.61. The summed E-state index contributed by atoms with van der Waals surface area (Å²) in [5.41, 5.74) is -0.171. The maximum atomic E-state index is 14.5. The number of carbonyl (C=O) groups excluding carboxylic acids is 2. The first-order valence-corrected chi connectivity index (χ1v) is 15.8. The molecule has 3 aliphatic rings. The van der Waals surface area contributed by atoms with E-state index < -0.39 is 63.3 Å². The van der Waals surface area contributed by atoms with Gasteiger partial charge in [-0.05, 0) is 42.7 Å². The third-order valence-corrected chi connectivity index (χ3v) is 9.52. The Labute approximate surface area is 267 Å². The molecule has 2 aromatic carbocycles. The van der Waals surface area contributed by atoms with Crippen LogP contribution >= 0.6 is 11.6 Å². The van der Waals surface area contributed by atoms with Crippen LogP contribution in [-0.2, 0) is 27.7 Å². The molecule has 10 nitrogen and oxygen atoms in total. The van der Waals surface area contributed by atoms with Crippen molar-refractivity contribution < 1.29 is 48.7 Å². The summed E-state index contributed by atoms with van der Waals surface area (Å²) in [6.45, 7) is -1.92. The highest BCUT2D eigenvalue weighted by atomic mass is 35.5. The molecule has 3 aliphatic heterocycles. The second-order valence-electron chi connectivity index (χ2n) is 11.1. The van der Waals surface area contributed by atoms with Gasteiger partial charge in [-0.2, -0.15) is 22.0 Å². The standard InChI is InChI=1S/C28H22ClF7N6O4S/c29-15-9-18(30)23(19(31)10-15)39-47(45,46)16-8-14-3-7-42(24(14)21(11-16)41-5-1-2-22(41)43)26-37-12-17-20(38-26)4-6-40(25(17)44)13-27(32,33)28(34,35)36/h8-12,39H,1-7,13H2. The number of sulfonamides is 1. The van der Waals surface area contributed by atoms with Crippen molar-refractivity contribution in [1.29, 1.82) is 0 Å². The predicted molar refractivity (Wildman–Crippen MR) is 154 cm³/mol. The quantitative estimate of drug-likeness (QED) is 0.335. The van der Waals surface area contributed by atoms with Gasteiger partial charge in [0, 0.05) is 43.7 Å². The average molecular weight is 707 g/mol. The van der Waals surface area contributed by atoms with E-state index in [4.69, 9.17) is 11.6 Å². The summed E-state index contributed by atoms with van der Waals surface area (Å²) in [5, 5.41) is -0.288. The summed E-state index contributed by atoms with van der Waals surface area (Å²) in [6, 6.07) is 3.92. The number of nitrogens with one attached hydrogen (secondary N) is 1. The van der Waals surface area contributed by atoms with Crippen LogP contribution in [-0.4, -0.2) is 73.4 Å². The third-order valence-electron chi connectivity index (χ3n) is 7.97. The van der Waals surface area contributed by atoms with Crippen LogP contribution in [0.25, 0.3) is 0 Å². The number of rotatable bonds is 7. The van der Waals surface area contributed by atoms with Crippen LogP contribution in [0.4, 0.5) is 53.7 Å². The molecule has 4 heterocycles. The van der Waals surface area contributed by atoms with E-state index in [-0.39, 0.29) is 66.2 Å². The molecule has 1 fully saturated rings. The molecule has 0 atom stereocenters. The molecule has 0 spiro atoms. The van der Waals surface area contributed by atoms with E-state index in [1.165, 1.54) is 17.0 Å². The van der Waals surface area contributed by atoms with Crippen molar-refractivity contribution in [3.05, 3.63) is 63.9 Å². The normalized spacial score (nSPS) is 17.0. The number of alkyl halides is 5.